The number of thioether (sulfide) groups is 1. The highest BCUT2D eigenvalue weighted by Gasteiger charge is 2.39. The number of benzene rings is 5. The molecule has 0 fully saturated rings. The fraction of sp³-hybridized carbons (Fsp3) is 0.0571. The van der Waals surface area contributed by atoms with Crippen molar-refractivity contribution in [2.24, 2.45) is 0 Å². The maximum atomic E-state index is 5.05. The second kappa shape index (κ2) is 9.04. The summed E-state index contributed by atoms with van der Waals surface area (Å²) in [4.78, 5) is 16.3. The molecule has 0 saturated carbocycles. The van der Waals surface area contributed by atoms with E-state index in [2.05, 4.69) is 91.0 Å². The minimum Gasteiger partial charge on any atom is -0.208 e. The molecule has 2 aliphatic rings. The molecular formula is C35H23N3S. The van der Waals surface area contributed by atoms with Gasteiger partial charge in [0, 0.05) is 32.8 Å². The summed E-state index contributed by atoms with van der Waals surface area (Å²) in [5.74, 6) is 2.35. The lowest BCUT2D eigenvalue weighted by Gasteiger charge is -2.26. The first-order valence-corrected chi connectivity index (χ1v) is 14.1. The Morgan fingerprint density at radius 1 is 0.538 bits per heavy atom. The molecular weight excluding hydrogens is 494 g/mol. The number of hydrogen-bond acceptors (Lipinski definition) is 4. The average molecular weight is 518 g/mol. The SMILES string of the molecule is C1=CC2c3c(cccc3-c3nc(-c4ccccc4)nc(-c4ccccc4)n3)SC2c2c1ccc1ccccc21. The summed E-state index contributed by atoms with van der Waals surface area (Å²) in [7, 11) is 0. The highest BCUT2D eigenvalue weighted by Crippen LogP contribution is 2.60. The highest BCUT2D eigenvalue weighted by molar-refractivity contribution is 8.00. The zero-order valence-corrected chi connectivity index (χ0v) is 21.8. The zero-order chi connectivity index (χ0) is 25.8. The van der Waals surface area contributed by atoms with Crippen LogP contribution in [0.5, 0.6) is 0 Å². The van der Waals surface area contributed by atoms with Gasteiger partial charge in [-0.3, -0.25) is 0 Å². The molecule has 0 bridgehead atoms. The van der Waals surface area contributed by atoms with Gasteiger partial charge in [0.2, 0.25) is 0 Å². The Kier molecular flexibility index (Phi) is 5.20. The lowest BCUT2D eigenvalue weighted by atomic mass is 9.81. The van der Waals surface area contributed by atoms with E-state index in [1.165, 1.54) is 32.4 Å². The molecule has 0 amide bonds. The molecule has 5 aromatic carbocycles. The van der Waals surface area contributed by atoms with Crippen molar-refractivity contribution in [3.63, 3.8) is 0 Å². The molecule has 39 heavy (non-hydrogen) atoms. The number of aromatic nitrogens is 3. The number of fused-ring (bicyclic) bond motifs is 7. The van der Waals surface area contributed by atoms with Gasteiger partial charge < -0.3 is 0 Å². The van der Waals surface area contributed by atoms with E-state index in [9.17, 15) is 0 Å². The molecule has 4 heteroatoms. The van der Waals surface area contributed by atoms with Gasteiger partial charge in [-0.2, -0.15) is 0 Å². The van der Waals surface area contributed by atoms with Crippen molar-refractivity contribution >= 4 is 28.6 Å². The Labute approximate surface area is 231 Å². The molecule has 2 unspecified atom stereocenters. The second-order valence-corrected chi connectivity index (χ2v) is 11.2. The topological polar surface area (TPSA) is 38.7 Å². The van der Waals surface area contributed by atoms with Crippen LogP contribution < -0.4 is 0 Å². The van der Waals surface area contributed by atoms with E-state index in [1.54, 1.807) is 0 Å². The molecule has 0 N–H and O–H groups in total. The molecule has 8 rings (SSSR count). The van der Waals surface area contributed by atoms with Gasteiger partial charge in [-0.25, -0.2) is 15.0 Å². The number of nitrogens with zero attached hydrogens (tertiary/aromatic N) is 3. The smallest absolute Gasteiger partial charge is 0.164 e. The summed E-state index contributed by atoms with van der Waals surface area (Å²) >= 11 is 1.97. The van der Waals surface area contributed by atoms with Crippen LogP contribution in [-0.2, 0) is 0 Å². The van der Waals surface area contributed by atoms with Crippen molar-refractivity contribution in [3.05, 3.63) is 138 Å². The number of hydrogen-bond donors (Lipinski definition) is 0. The maximum absolute atomic E-state index is 5.05. The molecule has 0 saturated heterocycles. The van der Waals surface area contributed by atoms with Gasteiger partial charge in [0.05, 0.1) is 0 Å². The van der Waals surface area contributed by atoms with Crippen LogP contribution in [0.15, 0.2) is 126 Å². The Bertz CT molecular complexity index is 1840. The van der Waals surface area contributed by atoms with Gasteiger partial charge in [0.1, 0.15) is 0 Å². The van der Waals surface area contributed by atoms with E-state index >= 15 is 0 Å². The largest absolute Gasteiger partial charge is 0.208 e. The lowest BCUT2D eigenvalue weighted by molar-refractivity contribution is 0.824. The van der Waals surface area contributed by atoms with Crippen molar-refractivity contribution in [3.8, 4) is 34.2 Å². The Balaban J connectivity index is 1.31. The molecule has 6 aromatic rings. The highest BCUT2D eigenvalue weighted by atomic mass is 32.2. The van der Waals surface area contributed by atoms with Crippen molar-refractivity contribution in [1.82, 2.24) is 15.0 Å². The molecule has 2 heterocycles. The molecule has 1 aliphatic heterocycles. The monoisotopic (exact) mass is 517 g/mol. The molecule has 1 aliphatic carbocycles. The third-order valence-corrected chi connectivity index (χ3v) is 9.08. The van der Waals surface area contributed by atoms with Crippen LogP contribution in [0.3, 0.4) is 0 Å². The fourth-order valence-corrected chi connectivity index (χ4v) is 7.45. The molecule has 0 spiro atoms. The first kappa shape index (κ1) is 22.4. The Morgan fingerprint density at radius 2 is 1.21 bits per heavy atom. The van der Waals surface area contributed by atoms with E-state index in [0.29, 0.717) is 16.9 Å². The normalized spacial score (nSPS) is 17.0. The van der Waals surface area contributed by atoms with Crippen molar-refractivity contribution in [2.45, 2.75) is 16.1 Å². The van der Waals surface area contributed by atoms with Crippen LogP contribution in [0.1, 0.15) is 27.9 Å². The molecule has 1 aromatic heterocycles. The van der Waals surface area contributed by atoms with Crippen molar-refractivity contribution < 1.29 is 0 Å². The summed E-state index contributed by atoms with van der Waals surface area (Å²) in [5.41, 5.74) is 7.10. The predicted molar refractivity (Wildman–Crippen MR) is 160 cm³/mol. The predicted octanol–water partition coefficient (Wildman–Crippen LogP) is 8.98. The van der Waals surface area contributed by atoms with Crippen molar-refractivity contribution in [2.75, 3.05) is 0 Å². The van der Waals surface area contributed by atoms with E-state index in [4.69, 9.17) is 15.0 Å². The summed E-state index contributed by atoms with van der Waals surface area (Å²) in [6.45, 7) is 0. The standard InChI is InChI=1S/C35H23N3S/c1-3-11-24(12-4-1)33-36-34(25-13-5-2-6-14-25)38-35(37-33)28-16-9-17-29-31(28)27-21-20-23-19-18-22-10-7-8-15-26(22)30(23)32(27)39-29/h1-21,27,32H. The zero-order valence-electron chi connectivity index (χ0n) is 21.0. The van der Waals surface area contributed by atoms with Crippen molar-refractivity contribution in [1.29, 1.82) is 0 Å². The lowest BCUT2D eigenvalue weighted by Crippen LogP contribution is -2.09. The first-order chi connectivity index (χ1) is 19.3. The van der Waals surface area contributed by atoms with Crippen LogP contribution in [0.2, 0.25) is 0 Å². The summed E-state index contributed by atoms with van der Waals surface area (Å²) in [6.07, 6.45) is 4.68. The number of allylic oxidation sites excluding steroid dienone is 1. The quantitative estimate of drug-likeness (QED) is 0.235. The first-order valence-electron chi connectivity index (χ1n) is 13.2. The molecule has 0 radical (unpaired) electrons. The van der Waals surface area contributed by atoms with Crippen LogP contribution in [0.4, 0.5) is 0 Å². The van der Waals surface area contributed by atoms with E-state index in [1.807, 2.05) is 48.2 Å². The fourth-order valence-electron chi connectivity index (χ4n) is 5.89. The van der Waals surface area contributed by atoms with Crippen LogP contribution in [0, 0.1) is 0 Å². The summed E-state index contributed by atoms with van der Waals surface area (Å²) in [5, 5.41) is 2.95. The molecule has 2 atom stereocenters. The van der Waals surface area contributed by atoms with Gasteiger partial charge in [-0.1, -0.05) is 121 Å². The third kappa shape index (κ3) is 3.71. The van der Waals surface area contributed by atoms with Gasteiger partial charge in [0.25, 0.3) is 0 Å². The van der Waals surface area contributed by atoms with Crippen LogP contribution in [0.25, 0.3) is 51.0 Å². The maximum Gasteiger partial charge on any atom is 0.164 e. The van der Waals surface area contributed by atoms with Gasteiger partial charge >= 0.3 is 0 Å². The molecule has 3 nitrogen and oxygen atoms in total. The Hall–Kier alpha value is -4.54. The van der Waals surface area contributed by atoms with Gasteiger partial charge in [0.15, 0.2) is 17.5 Å². The second-order valence-electron chi connectivity index (χ2n) is 9.97. The minimum absolute atomic E-state index is 0.247. The summed E-state index contributed by atoms with van der Waals surface area (Å²) in [6, 6.07) is 40.2. The summed E-state index contributed by atoms with van der Waals surface area (Å²) < 4.78 is 0. The Morgan fingerprint density at radius 3 is 1.95 bits per heavy atom. The third-order valence-electron chi connectivity index (χ3n) is 7.69. The molecule has 184 valence electrons. The van der Waals surface area contributed by atoms with E-state index in [-0.39, 0.29) is 5.92 Å². The number of rotatable bonds is 3. The van der Waals surface area contributed by atoms with E-state index in [0.717, 1.165) is 22.5 Å². The van der Waals surface area contributed by atoms with Crippen LogP contribution in [-0.4, -0.2) is 15.0 Å². The van der Waals surface area contributed by atoms with Gasteiger partial charge in [-0.15, -0.1) is 11.8 Å². The minimum atomic E-state index is 0.247. The average Bonchev–Trinajstić information content (AvgIpc) is 3.40. The van der Waals surface area contributed by atoms with E-state index < -0.39 is 0 Å². The van der Waals surface area contributed by atoms with Gasteiger partial charge in [-0.05, 0) is 33.5 Å². The van der Waals surface area contributed by atoms with Crippen LogP contribution >= 0.6 is 11.8 Å².